The third-order valence-electron chi connectivity index (χ3n) is 2.44. The Morgan fingerprint density at radius 1 is 1.42 bits per heavy atom. The molecule has 0 saturated heterocycles. The number of hydrogen-bond acceptors (Lipinski definition) is 5. The van der Waals surface area contributed by atoms with Crippen molar-refractivity contribution in [1.82, 2.24) is 9.97 Å². The number of anilines is 2. The van der Waals surface area contributed by atoms with E-state index in [1.54, 1.807) is 24.4 Å². The summed E-state index contributed by atoms with van der Waals surface area (Å²) in [7, 11) is 0. The lowest BCUT2D eigenvalue weighted by atomic mass is 10.2. The summed E-state index contributed by atoms with van der Waals surface area (Å²) in [4.78, 5) is 19.7. The van der Waals surface area contributed by atoms with Crippen LogP contribution < -0.4 is 11.1 Å². The second-order valence-corrected chi connectivity index (χ2v) is 4.95. The number of hydrogen-bond donors (Lipinski definition) is 2. The normalized spacial score (nSPS) is 10.2. The number of nitrogens with one attached hydrogen (secondary N) is 1. The molecule has 0 aliphatic carbocycles. The molecule has 1 aromatic carbocycles. The van der Waals surface area contributed by atoms with Crippen molar-refractivity contribution in [3.8, 4) is 0 Å². The molecule has 0 unspecified atom stereocenters. The van der Waals surface area contributed by atoms with E-state index >= 15 is 0 Å². The van der Waals surface area contributed by atoms with Gasteiger partial charge in [-0.2, -0.15) is 0 Å². The maximum atomic E-state index is 11.8. The predicted molar refractivity (Wildman–Crippen MR) is 77.0 cm³/mol. The van der Waals surface area contributed by atoms with Gasteiger partial charge in [0.2, 0.25) is 5.91 Å². The van der Waals surface area contributed by atoms with Gasteiger partial charge in [-0.3, -0.25) is 4.79 Å². The van der Waals surface area contributed by atoms with Gasteiger partial charge in [0.25, 0.3) is 0 Å². The molecule has 0 saturated carbocycles. The van der Waals surface area contributed by atoms with Crippen LogP contribution >= 0.6 is 11.8 Å². The third kappa shape index (κ3) is 3.96. The summed E-state index contributed by atoms with van der Waals surface area (Å²) in [5, 5.41) is 3.61. The van der Waals surface area contributed by atoms with Crippen molar-refractivity contribution in [3.63, 3.8) is 0 Å². The standard InChI is InChI=1S/C13H14N4OS/c1-9-2-3-10(14)6-11(9)17-12(18)7-19-13-4-5-15-8-16-13/h2-6,8H,7,14H2,1H3,(H,17,18). The van der Waals surface area contributed by atoms with Gasteiger partial charge in [-0.1, -0.05) is 17.8 Å². The summed E-state index contributed by atoms with van der Waals surface area (Å²) in [6.45, 7) is 1.92. The number of nitrogens with zero attached hydrogens (tertiary/aromatic N) is 2. The van der Waals surface area contributed by atoms with Crippen LogP contribution in [0.5, 0.6) is 0 Å². The number of thioether (sulfide) groups is 1. The number of rotatable bonds is 4. The SMILES string of the molecule is Cc1ccc(N)cc1NC(=O)CSc1ccncn1. The molecule has 0 spiro atoms. The van der Waals surface area contributed by atoms with Crippen molar-refractivity contribution >= 4 is 29.0 Å². The van der Waals surface area contributed by atoms with Gasteiger partial charge in [0.05, 0.1) is 10.8 Å². The molecule has 1 aromatic heterocycles. The molecule has 19 heavy (non-hydrogen) atoms. The highest BCUT2D eigenvalue weighted by Crippen LogP contribution is 2.19. The van der Waals surface area contributed by atoms with Crippen molar-refractivity contribution in [2.75, 3.05) is 16.8 Å². The second kappa shape index (κ2) is 6.19. The predicted octanol–water partition coefficient (Wildman–Crippen LogP) is 2.10. The minimum Gasteiger partial charge on any atom is -0.399 e. The maximum Gasteiger partial charge on any atom is 0.234 e. The van der Waals surface area contributed by atoms with Crippen LogP contribution in [0.2, 0.25) is 0 Å². The number of aromatic nitrogens is 2. The van der Waals surface area contributed by atoms with Crippen LogP contribution in [-0.4, -0.2) is 21.6 Å². The molecule has 0 bridgehead atoms. The molecule has 6 heteroatoms. The van der Waals surface area contributed by atoms with E-state index in [1.807, 2.05) is 13.0 Å². The van der Waals surface area contributed by atoms with E-state index in [0.29, 0.717) is 11.4 Å². The molecular formula is C13H14N4OS. The molecule has 2 rings (SSSR count). The molecule has 0 aliphatic heterocycles. The minimum absolute atomic E-state index is 0.0858. The van der Waals surface area contributed by atoms with Gasteiger partial charge >= 0.3 is 0 Å². The number of nitrogens with two attached hydrogens (primary N) is 1. The second-order valence-electron chi connectivity index (χ2n) is 3.96. The van der Waals surface area contributed by atoms with E-state index in [4.69, 9.17) is 5.73 Å². The number of carbonyl (C=O) groups excluding carboxylic acids is 1. The highest BCUT2D eigenvalue weighted by Gasteiger charge is 2.06. The van der Waals surface area contributed by atoms with Gasteiger partial charge in [0.15, 0.2) is 0 Å². The highest BCUT2D eigenvalue weighted by molar-refractivity contribution is 7.99. The summed E-state index contributed by atoms with van der Waals surface area (Å²) in [6, 6.07) is 7.20. The summed E-state index contributed by atoms with van der Waals surface area (Å²) in [5.74, 6) is 0.211. The smallest absolute Gasteiger partial charge is 0.234 e. The zero-order valence-electron chi connectivity index (χ0n) is 10.5. The van der Waals surface area contributed by atoms with Crippen LogP contribution in [0.4, 0.5) is 11.4 Å². The zero-order chi connectivity index (χ0) is 13.7. The largest absolute Gasteiger partial charge is 0.399 e. The maximum absolute atomic E-state index is 11.8. The number of benzene rings is 1. The van der Waals surface area contributed by atoms with Gasteiger partial charge in [0, 0.05) is 17.6 Å². The van der Waals surface area contributed by atoms with E-state index in [0.717, 1.165) is 16.3 Å². The van der Waals surface area contributed by atoms with Crippen LogP contribution in [0.25, 0.3) is 0 Å². The van der Waals surface area contributed by atoms with E-state index in [2.05, 4.69) is 15.3 Å². The Hall–Kier alpha value is -2.08. The number of amides is 1. The fourth-order valence-corrected chi connectivity index (χ4v) is 2.09. The first kappa shape index (κ1) is 13.4. The van der Waals surface area contributed by atoms with Crippen molar-refractivity contribution in [2.24, 2.45) is 0 Å². The first-order valence-corrected chi connectivity index (χ1v) is 6.68. The van der Waals surface area contributed by atoms with E-state index in [-0.39, 0.29) is 5.91 Å². The Kier molecular flexibility index (Phi) is 4.35. The lowest BCUT2D eigenvalue weighted by Gasteiger charge is -2.08. The van der Waals surface area contributed by atoms with Crippen molar-refractivity contribution in [2.45, 2.75) is 11.9 Å². The van der Waals surface area contributed by atoms with Crippen molar-refractivity contribution < 1.29 is 4.79 Å². The molecule has 0 aliphatic rings. The number of nitrogen functional groups attached to an aromatic ring is 1. The average Bonchev–Trinajstić information content (AvgIpc) is 2.42. The molecule has 0 radical (unpaired) electrons. The molecule has 3 N–H and O–H groups in total. The minimum atomic E-state index is -0.0858. The van der Waals surface area contributed by atoms with E-state index in [9.17, 15) is 4.79 Å². The van der Waals surface area contributed by atoms with Gasteiger partial charge < -0.3 is 11.1 Å². The molecule has 98 valence electrons. The lowest BCUT2D eigenvalue weighted by molar-refractivity contribution is -0.113. The summed E-state index contributed by atoms with van der Waals surface area (Å²) < 4.78 is 0. The Balaban J connectivity index is 1.93. The summed E-state index contributed by atoms with van der Waals surface area (Å²) in [5.41, 5.74) is 8.05. The molecule has 2 aromatic rings. The van der Waals surface area contributed by atoms with Crippen LogP contribution in [0, 0.1) is 6.92 Å². The van der Waals surface area contributed by atoms with Gasteiger partial charge in [-0.05, 0) is 30.7 Å². The fourth-order valence-electron chi connectivity index (χ4n) is 1.46. The third-order valence-corrected chi connectivity index (χ3v) is 3.39. The van der Waals surface area contributed by atoms with Gasteiger partial charge in [-0.25, -0.2) is 9.97 Å². The Morgan fingerprint density at radius 2 is 2.26 bits per heavy atom. The molecule has 1 heterocycles. The van der Waals surface area contributed by atoms with Crippen molar-refractivity contribution in [1.29, 1.82) is 0 Å². The Labute approximate surface area is 115 Å². The van der Waals surface area contributed by atoms with Gasteiger partial charge in [-0.15, -0.1) is 0 Å². The van der Waals surface area contributed by atoms with Crippen LogP contribution in [-0.2, 0) is 4.79 Å². The molecule has 0 fully saturated rings. The van der Waals surface area contributed by atoms with Crippen LogP contribution in [0.15, 0.2) is 41.8 Å². The topological polar surface area (TPSA) is 80.9 Å². The average molecular weight is 274 g/mol. The number of carbonyl (C=O) groups is 1. The van der Waals surface area contributed by atoms with Crippen molar-refractivity contribution in [3.05, 3.63) is 42.4 Å². The Morgan fingerprint density at radius 3 is 3.00 bits per heavy atom. The molecule has 0 atom stereocenters. The molecule has 5 nitrogen and oxygen atoms in total. The van der Waals surface area contributed by atoms with E-state index < -0.39 is 0 Å². The van der Waals surface area contributed by atoms with E-state index in [1.165, 1.54) is 18.1 Å². The fraction of sp³-hybridized carbons (Fsp3) is 0.154. The summed E-state index contributed by atoms with van der Waals surface area (Å²) in [6.07, 6.45) is 3.11. The number of aryl methyl sites for hydroxylation is 1. The monoisotopic (exact) mass is 274 g/mol. The van der Waals surface area contributed by atoms with Crippen LogP contribution in [0.3, 0.4) is 0 Å². The zero-order valence-corrected chi connectivity index (χ0v) is 11.3. The van der Waals surface area contributed by atoms with Gasteiger partial charge in [0.1, 0.15) is 6.33 Å². The highest BCUT2D eigenvalue weighted by atomic mass is 32.2. The Bertz CT molecular complexity index is 574. The quantitative estimate of drug-likeness (QED) is 0.507. The molecule has 1 amide bonds. The summed E-state index contributed by atoms with van der Waals surface area (Å²) >= 11 is 1.36. The first-order valence-electron chi connectivity index (χ1n) is 5.70. The molecular weight excluding hydrogens is 260 g/mol. The van der Waals surface area contributed by atoms with Crippen LogP contribution in [0.1, 0.15) is 5.56 Å². The first-order chi connectivity index (χ1) is 9.15. The lowest BCUT2D eigenvalue weighted by Crippen LogP contribution is -2.15.